The van der Waals surface area contributed by atoms with Gasteiger partial charge in [-0.25, -0.2) is 23.9 Å². The number of benzene rings is 1. The molecule has 11 heteroatoms. The quantitative estimate of drug-likeness (QED) is 0.181. The summed E-state index contributed by atoms with van der Waals surface area (Å²) < 4.78 is 21.6. The molecule has 2 unspecified atom stereocenters. The molecular weight excluding hydrogens is 545 g/mol. The van der Waals surface area contributed by atoms with E-state index in [4.69, 9.17) is 4.74 Å². The first-order chi connectivity index (χ1) is 17.8. The Morgan fingerprint density at radius 3 is 2.49 bits per heavy atom. The molecule has 2 amide bonds. The number of halogens is 2. The van der Waals surface area contributed by atoms with Crippen molar-refractivity contribution in [3.8, 4) is 5.75 Å². The van der Waals surface area contributed by atoms with Crippen LogP contribution in [0.4, 0.5) is 20.8 Å². The molecule has 4 rings (SSSR count). The minimum atomic E-state index is -0.767. The second-order valence-electron chi connectivity index (χ2n) is 8.49. The second-order valence-corrected chi connectivity index (χ2v) is 9.41. The van der Waals surface area contributed by atoms with Gasteiger partial charge in [-0.3, -0.25) is 10.1 Å². The fourth-order valence-corrected chi connectivity index (χ4v) is 4.11. The summed E-state index contributed by atoms with van der Waals surface area (Å²) in [7, 11) is 1.70. The number of nitrogens with one attached hydrogen (secondary N) is 3. The summed E-state index contributed by atoms with van der Waals surface area (Å²) in [4.78, 5) is 46.4. The Morgan fingerprint density at radius 2 is 1.84 bits per heavy atom. The molecular formula is C26H25BrFN5O4. The molecule has 1 aromatic carbocycles. The molecule has 3 aromatic rings. The van der Waals surface area contributed by atoms with Crippen LogP contribution in [0.15, 0.2) is 53.3 Å². The normalized spacial score (nSPS) is 16.0. The van der Waals surface area contributed by atoms with Crippen LogP contribution in [-0.2, 0) is 0 Å². The van der Waals surface area contributed by atoms with E-state index >= 15 is 4.39 Å². The number of hydrogen-bond donors (Lipinski definition) is 3. The molecule has 2 atom stereocenters. The van der Waals surface area contributed by atoms with Gasteiger partial charge in [0.2, 0.25) is 0 Å². The van der Waals surface area contributed by atoms with E-state index in [1.54, 1.807) is 31.4 Å². The third-order valence-electron chi connectivity index (χ3n) is 5.82. The molecule has 1 fully saturated rings. The Balaban J connectivity index is 1.57. The van der Waals surface area contributed by atoms with E-state index in [0.29, 0.717) is 24.5 Å². The van der Waals surface area contributed by atoms with Crippen LogP contribution in [0.2, 0.25) is 0 Å². The molecule has 0 radical (unpaired) electrons. The van der Waals surface area contributed by atoms with Gasteiger partial charge in [0.05, 0.1) is 11.1 Å². The number of Topliss-reactive ketones (excluding diaryl/α,β-unsaturated/α-hetero) is 1. The van der Waals surface area contributed by atoms with Crippen molar-refractivity contribution in [3.05, 3.63) is 75.8 Å². The first-order valence-corrected chi connectivity index (χ1v) is 12.5. The number of anilines is 2. The molecule has 0 aliphatic heterocycles. The standard InChI is InChI=1S/C26H25BrFN5O4/c1-3-4-20(34)16-7-8-18(28)23(24(16)37-25(35)14-5-9-21(29-2)30-12-14)17-11-19(17)32-26(36)33-22-10-6-15(27)13-31-22/h5-10,12-13,17,19H,3-4,11H2,1-2H3,(H,29,30)(H2,31,32,33,36). The summed E-state index contributed by atoms with van der Waals surface area (Å²) in [5.74, 6) is -1.34. The average Bonchev–Trinajstić information content (AvgIpc) is 3.63. The molecule has 0 spiro atoms. The minimum Gasteiger partial charge on any atom is -0.422 e. The summed E-state index contributed by atoms with van der Waals surface area (Å²) in [6, 6.07) is 8.09. The lowest BCUT2D eigenvalue weighted by molar-refractivity contribution is 0.0729. The van der Waals surface area contributed by atoms with Crippen LogP contribution in [0.1, 0.15) is 58.4 Å². The molecule has 2 aromatic heterocycles. The third kappa shape index (κ3) is 6.29. The summed E-state index contributed by atoms with van der Waals surface area (Å²) in [6.45, 7) is 1.85. The minimum absolute atomic E-state index is 0.0853. The number of rotatable bonds is 9. The molecule has 192 valence electrons. The van der Waals surface area contributed by atoms with Crippen molar-refractivity contribution >= 4 is 45.3 Å². The third-order valence-corrected chi connectivity index (χ3v) is 6.29. The highest BCUT2D eigenvalue weighted by atomic mass is 79.9. The van der Waals surface area contributed by atoms with Gasteiger partial charge in [-0.15, -0.1) is 0 Å². The maximum absolute atomic E-state index is 15.2. The zero-order chi connectivity index (χ0) is 26.5. The lowest BCUT2D eigenvalue weighted by Crippen LogP contribution is -2.31. The Morgan fingerprint density at radius 1 is 1.08 bits per heavy atom. The van der Waals surface area contributed by atoms with Crippen molar-refractivity contribution in [1.29, 1.82) is 0 Å². The molecule has 9 nitrogen and oxygen atoms in total. The molecule has 2 heterocycles. The Labute approximate surface area is 221 Å². The number of urea groups is 1. The number of carbonyl (C=O) groups excluding carboxylic acids is 3. The highest BCUT2D eigenvalue weighted by Gasteiger charge is 2.44. The number of hydrogen-bond acceptors (Lipinski definition) is 7. The fourth-order valence-electron chi connectivity index (χ4n) is 3.87. The smallest absolute Gasteiger partial charge is 0.345 e. The topological polar surface area (TPSA) is 122 Å². The fraction of sp³-hybridized carbons (Fsp3) is 0.269. The van der Waals surface area contributed by atoms with E-state index in [1.165, 1.54) is 24.4 Å². The molecule has 3 N–H and O–H groups in total. The van der Waals surface area contributed by atoms with Crippen LogP contribution in [0.5, 0.6) is 5.75 Å². The second kappa shape index (κ2) is 11.5. The van der Waals surface area contributed by atoms with E-state index in [9.17, 15) is 14.4 Å². The van der Waals surface area contributed by atoms with Gasteiger partial charge in [-0.1, -0.05) is 6.92 Å². The van der Waals surface area contributed by atoms with Crippen molar-refractivity contribution in [3.63, 3.8) is 0 Å². The zero-order valence-electron chi connectivity index (χ0n) is 20.2. The van der Waals surface area contributed by atoms with Crippen LogP contribution >= 0.6 is 15.9 Å². The lowest BCUT2D eigenvalue weighted by atomic mass is 9.99. The number of esters is 1. The summed E-state index contributed by atoms with van der Waals surface area (Å²) >= 11 is 3.28. The number of aromatic nitrogens is 2. The van der Waals surface area contributed by atoms with E-state index in [0.717, 1.165) is 4.47 Å². The largest absolute Gasteiger partial charge is 0.422 e. The van der Waals surface area contributed by atoms with Gasteiger partial charge in [-0.05, 0) is 65.2 Å². The number of ketones is 1. The predicted molar refractivity (Wildman–Crippen MR) is 140 cm³/mol. The Bertz CT molecular complexity index is 1320. The van der Waals surface area contributed by atoms with Crippen LogP contribution < -0.4 is 20.7 Å². The van der Waals surface area contributed by atoms with Gasteiger partial charge in [0, 0.05) is 47.9 Å². The summed E-state index contributed by atoms with van der Waals surface area (Å²) in [5, 5.41) is 8.26. The van der Waals surface area contributed by atoms with Crippen LogP contribution in [-0.4, -0.2) is 40.8 Å². The van der Waals surface area contributed by atoms with E-state index in [-0.39, 0.29) is 34.6 Å². The lowest BCUT2D eigenvalue weighted by Gasteiger charge is -2.16. The summed E-state index contributed by atoms with van der Waals surface area (Å²) in [6.07, 6.45) is 4.08. The Hall–Kier alpha value is -3.86. The van der Waals surface area contributed by atoms with Crippen molar-refractivity contribution in [2.75, 3.05) is 17.7 Å². The first-order valence-electron chi connectivity index (χ1n) is 11.7. The highest BCUT2D eigenvalue weighted by Crippen LogP contribution is 2.47. The van der Waals surface area contributed by atoms with Gasteiger partial charge in [0.15, 0.2) is 5.78 Å². The van der Waals surface area contributed by atoms with Crippen LogP contribution in [0, 0.1) is 5.82 Å². The molecule has 37 heavy (non-hydrogen) atoms. The van der Waals surface area contributed by atoms with Crippen LogP contribution in [0.25, 0.3) is 0 Å². The van der Waals surface area contributed by atoms with Crippen molar-refractivity contribution in [2.24, 2.45) is 0 Å². The number of amides is 2. The maximum Gasteiger partial charge on any atom is 0.345 e. The highest BCUT2D eigenvalue weighted by molar-refractivity contribution is 9.10. The number of ether oxygens (including phenoxy) is 1. The van der Waals surface area contributed by atoms with Gasteiger partial charge in [0.1, 0.15) is 23.2 Å². The number of pyridine rings is 2. The van der Waals surface area contributed by atoms with Crippen molar-refractivity contribution in [2.45, 2.75) is 38.1 Å². The average molecular weight is 570 g/mol. The zero-order valence-corrected chi connectivity index (χ0v) is 21.8. The first kappa shape index (κ1) is 26.2. The monoisotopic (exact) mass is 569 g/mol. The van der Waals surface area contributed by atoms with E-state index in [1.807, 2.05) is 6.92 Å². The van der Waals surface area contributed by atoms with Crippen molar-refractivity contribution < 1.29 is 23.5 Å². The molecule has 0 bridgehead atoms. The Kier molecular flexibility index (Phi) is 8.12. The maximum atomic E-state index is 15.2. The molecule has 0 saturated heterocycles. The number of nitrogens with zero attached hydrogens (tertiary/aromatic N) is 2. The van der Waals surface area contributed by atoms with Gasteiger partial charge in [-0.2, -0.15) is 0 Å². The van der Waals surface area contributed by atoms with E-state index < -0.39 is 29.8 Å². The predicted octanol–water partition coefficient (Wildman–Crippen LogP) is 5.30. The van der Waals surface area contributed by atoms with E-state index in [2.05, 4.69) is 41.8 Å². The molecule has 1 saturated carbocycles. The van der Waals surface area contributed by atoms with Gasteiger partial charge >= 0.3 is 12.0 Å². The molecule has 1 aliphatic rings. The van der Waals surface area contributed by atoms with Gasteiger partial charge in [0.25, 0.3) is 0 Å². The summed E-state index contributed by atoms with van der Waals surface area (Å²) in [5.41, 5.74) is 0.359. The molecule has 1 aliphatic carbocycles. The number of carbonyl (C=O) groups is 3. The van der Waals surface area contributed by atoms with Crippen molar-refractivity contribution in [1.82, 2.24) is 15.3 Å². The van der Waals surface area contributed by atoms with Crippen LogP contribution in [0.3, 0.4) is 0 Å². The SMILES string of the molecule is CCCC(=O)c1ccc(F)c(C2CC2NC(=O)Nc2ccc(Br)cn2)c1OC(=O)c1ccc(NC)nc1. The van der Waals surface area contributed by atoms with Gasteiger partial charge < -0.3 is 15.4 Å².